The van der Waals surface area contributed by atoms with Gasteiger partial charge in [-0.2, -0.15) is 0 Å². The summed E-state index contributed by atoms with van der Waals surface area (Å²) in [7, 11) is 6.02. The molecule has 0 aliphatic heterocycles. The lowest BCUT2D eigenvalue weighted by atomic mass is 10.3. The smallest absolute Gasteiger partial charge is 0.181 e. The van der Waals surface area contributed by atoms with Gasteiger partial charge in [-0.05, 0) is 24.3 Å². The van der Waals surface area contributed by atoms with Gasteiger partial charge in [0.05, 0.1) is 9.47 Å². The summed E-state index contributed by atoms with van der Waals surface area (Å²) in [5, 5.41) is 0. The largest absolute Gasteiger partial charge is 0.594 e. The summed E-state index contributed by atoms with van der Waals surface area (Å²) >= 11 is 0. The number of hydrogen-bond acceptors (Lipinski definition) is 2. The second-order valence-electron chi connectivity index (χ2n) is 1.81. The van der Waals surface area contributed by atoms with Crippen LogP contribution in [0.15, 0.2) is 29.2 Å². The maximum atomic E-state index is 10.7. The van der Waals surface area contributed by atoms with Gasteiger partial charge in [-0.3, -0.25) is 0 Å². The average Bonchev–Trinajstić information content (AvgIpc) is 2.05. The molecule has 1 rings (SSSR count). The van der Waals surface area contributed by atoms with Crippen molar-refractivity contribution in [1.82, 2.24) is 0 Å². The maximum absolute atomic E-state index is 10.7. The van der Waals surface area contributed by atoms with Crippen LogP contribution in [0.2, 0.25) is 0 Å². The van der Waals surface area contributed by atoms with E-state index in [4.69, 9.17) is 15.2 Å². The second kappa shape index (κ2) is 4.17. The van der Waals surface area contributed by atoms with Crippen LogP contribution in [0.5, 0.6) is 5.75 Å². The highest BCUT2D eigenvalue weighted by molar-refractivity contribution is 8.13. The number of halogens is 1. The Morgan fingerprint density at radius 2 is 1.91 bits per heavy atom. The molecule has 2 unspecified atom stereocenters. The fourth-order valence-electron chi connectivity index (χ4n) is 0.625. The molecule has 1 aromatic carbocycles. The van der Waals surface area contributed by atoms with Gasteiger partial charge in [-0.15, -0.1) is 0 Å². The highest BCUT2D eigenvalue weighted by atomic mass is 35.7. The van der Waals surface area contributed by atoms with Crippen LogP contribution in [-0.4, -0.2) is 4.55 Å². The molecule has 2 atom stereocenters. The Hall–Kier alpha value is 0.0500. The van der Waals surface area contributed by atoms with Crippen molar-refractivity contribution in [2.75, 3.05) is 0 Å². The summed E-state index contributed by atoms with van der Waals surface area (Å²) in [4.78, 5) is 0.581. The summed E-state index contributed by atoms with van der Waals surface area (Å²) in [6.07, 6.45) is 0. The fourth-order valence-corrected chi connectivity index (χ4v) is 1.44. The highest BCUT2D eigenvalue weighted by Crippen LogP contribution is 2.19. The van der Waals surface area contributed by atoms with Crippen molar-refractivity contribution in [1.29, 1.82) is 0 Å². The summed E-state index contributed by atoms with van der Waals surface area (Å²) < 4.78 is 15.5. The highest BCUT2D eigenvalue weighted by Gasteiger charge is 2.06. The minimum Gasteiger partial charge on any atom is -0.594 e. The minimum absolute atomic E-state index is 0.581. The van der Waals surface area contributed by atoms with Crippen LogP contribution >= 0.6 is 20.1 Å². The first-order valence-corrected chi connectivity index (χ1v) is 5.23. The lowest BCUT2D eigenvalue weighted by Crippen LogP contribution is -1.89. The van der Waals surface area contributed by atoms with Gasteiger partial charge in [0, 0.05) is 0 Å². The molecule has 0 heterocycles. The van der Waals surface area contributed by atoms with Crippen LogP contribution in [-0.2, 0) is 10.4 Å². The topological polar surface area (TPSA) is 32.3 Å². The van der Waals surface area contributed by atoms with Crippen LogP contribution in [0.3, 0.4) is 0 Å². The van der Waals surface area contributed by atoms with Crippen LogP contribution < -0.4 is 4.52 Å². The third kappa shape index (κ3) is 2.53. The zero-order valence-corrected chi connectivity index (χ0v) is 8.22. The van der Waals surface area contributed by atoms with Crippen LogP contribution in [0.4, 0.5) is 0 Å². The number of benzene rings is 1. The molecule has 0 aliphatic carbocycles. The Bertz CT molecular complexity index is 227. The van der Waals surface area contributed by atoms with Gasteiger partial charge in [0.1, 0.15) is 16.1 Å². The molecule has 1 aromatic rings. The lowest BCUT2D eigenvalue weighted by molar-refractivity contribution is 0.608. The van der Waals surface area contributed by atoms with Crippen LogP contribution in [0.25, 0.3) is 0 Å². The quantitative estimate of drug-likeness (QED) is 0.551. The van der Waals surface area contributed by atoms with E-state index in [9.17, 15) is 4.55 Å². The zero-order chi connectivity index (χ0) is 8.27. The molecule has 11 heavy (non-hydrogen) atoms. The Morgan fingerprint density at radius 3 is 2.27 bits per heavy atom. The summed E-state index contributed by atoms with van der Waals surface area (Å²) in [6, 6.07) is 6.70. The molecule has 0 saturated carbocycles. The molecule has 0 aliphatic rings. The van der Waals surface area contributed by atoms with Crippen molar-refractivity contribution in [3.63, 3.8) is 0 Å². The third-order valence-electron chi connectivity index (χ3n) is 1.15. The van der Waals surface area contributed by atoms with Crippen molar-refractivity contribution in [3.05, 3.63) is 24.3 Å². The second-order valence-corrected chi connectivity index (χ2v) is 3.81. The number of rotatable bonds is 2. The first-order valence-electron chi connectivity index (χ1n) is 2.79. The maximum Gasteiger partial charge on any atom is 0.181 e. The minimum atomic E-state index is -1.43. The number of hydrogen-bond donors (Lipinski definition) is 0. The molecule has 60 valence electrons. The van der Waals surface area contributed by atoms with Gasteiger partial charge in [-0.1, -0.05) is 0 Å². The van der Waals surface area contributed by atoms with E-state index in [1.807, 2.05) is 0 Å². The Balaban J connectivity index is 2.83. The van der Waals surface area contributed by atoms with E-state index in [0.717, 1.165) is 0 Å². The summed E-state index contributed by atoms with van der Waals surface area (Å²) in [5.74, 6) is 0.695. The summed E-state index contributed by atoms with van der Waals surface area (Å²) in [5.41, 5.74) is 0. The lowest BCUT2D eigenvalue weighted by Gasteiger charge is -2.00. The van der Waals surface area contributed by atoms with E-state index < -0.39 is 10.4 Å². The molecule has 0 bridgehead atoms. The third-order valence-corrected chi connectivity index (χ3v) is 2.59. The van der Waals surface area contributed by atoms with Crippen LogP contribution in [0.1, 0.15) is 0 Å². The van der Waals surface area contributed by atoms with E-state index in [1.165, 1.54) is 0 Å². The molecule has 0 fully saturated rings. The Morgan fingerprint density at radius 1 is 1.36 bits per heavy atom. The van der Waals surface area contributed by atoms with Crippen molar-refractivity contribution in [3.8, 4) is 5.75 Å². The van der Waals surface area contributed by atoms with Crippen molar-refractivity contribution in [2.45, 2.75) is 4.90 Å². The predicted molar refractivity (Wildman–Crippen MR) is 49.0 cm³/mol. The van der Waals surface area contributed by atoms with Crippen LogP contribution in [0, 0.1) is 0 Å². The van der Waals surface area contributed by atoms with Gasteiger partial charge in [0.25, 0.3) is 0 Å². The van der Waals surface area contributed by atoms with E-state index in [2.05, 4.69) is 9.47 Å². The standard InChI is InChI=1S/C6H6ClO2PS/c7-11(8)6-3-1-5(9-10)2-4-6/h1-4H,10H2. The van der Waals surface area contributed by atoms with Gasteiger partial charge < -0.3 is 9.08 Å². The van der Waals surface area contributed by atoms with Crippen molar-refractivity contribution >= 4 is 30.5 Å². The zero-order valence-electron chi connectivity index (χ0n) is 5.49. The van der Waals surface area contributed by atoms with Gasteiger partial charge in [0.2, 0.25) is 0 Å². The molecule has 0 saturated heterocycles. The van der Waals surface area contributed by atoms with E-state index in [0.29, 0.717) is 10.6 Å². The SMILES string of the molecule is [O-][S+](Cl)c1ccc(OP)cc1. The predicted octanol–water partition coefficient (Wildman–Crippen LogP) is 2.12. The van der Waals surface area contributed by atoms with E-state index >= 15 is 0 Å². The van der Waals surface area contributed by atoms with Gasteiger partial charge in [-0.25, -0.2) is 0 Å². The van der Waals surface area contributed by atoms with Gasteiger partial charge >= 0.3 is 0 Å². The molecule has 5 heteroatoms. The first-order chi connectivity index (χ1) is 5.24. The Kier molecular flexibility index (Phi) is 3.46. The fraction of sp³-hybridized carbons (Fsp3) is 0. The van der Waals surface area contributed by atoms with E-state index in [1.54, 1.807) is 24.3 Å². The molecule has 0 N–H and O–H groups in total. The average molecular weight is 209 g/mol. The van der Waals surface area contributed by atoms with E-state index in [-0.39, 0.29) is 0 Å². The normalized spacial score (nSPS) is 12.6. The summed E-state index contributed by atoms with van der Waals surface area (Å²) in [6.45, 7) is 0. The molecule has 0 amide bonds. The Labute approximate surface area is 74.9 Å². The van der Waals surface area contributed by atoms with Crippen molar-refractivity contribution in [2.24, 2.45) is 0 Å². The van der Waals surface area contributed by atoms with Gasteiger partial charge in [0.15, 0.2) is 15.6 Å². The molecular weight excluding hydrogens is 203 g/mol. The molecule has 0 aromatic heterocycles. The molecule has 0 spiro atoms. The molecule has 2 nitrogen and oxygen atoms in total. The molecule has 0 radical (unpaired) electrons. The van der Waals surface area contributed by atoms with Crippen molar-refractivity contribution < 1.29 is 9.08 Å². The molecular formula is C6H6ClO2PS. The monoisotopic (exact) mass is 208 g/mol. The first kappa shape index (κ1) is 9.14.